The molecule has 2 bridgehead atoms. The van der Waals surface area contributed by atoms with Crippen molar-refractivity contribution in [1.29, 1.82) is 0 Å². The fourth-order valence-electron chi connectivity index (χ4n) is 3.13. The number of carbonyl (C=O) groups excluding carboxylic acids is 1. The van der Waals surface area contributed by atoms with E-state index in [1.165, 1.54) is 0 Å². The third-order valence-corrected chi connectivity index (χ3v) is 4.47. The van der Waals surface area contributed by atoms with E-state index in [0.717, 1.165) is 0 Å². The van der Waals surface area contributed by atoms with Gasteiger partial charge in [0.05, 0.1) is 17.6 Å². The lowest BCUT2D eigenvalue weighted by Gasteiger charge is -2.27. The van der Waals surface area contributed by atoms with Crippen molar-refractivity contribution in [3.8, 4) is 0 Å². The normalized spacial score (nSPS) is 32.2. The Balaban J connectivity index is 1.87. The number of hydrogen-bond acceptors (Lipinski definition) is 3. The summed E-state index contributed by atoms with van der Waals surface area (Å²) in [4.78, 5) is 24.0. The molecule has 22 heavy (non-hydrogen) atoms. The first-order chi connectivity index (χ1) is 10.3. The molecule has 1 saturated heterocycles. The van der Waals surface area contributed by atoms with Crippen LogP contribution in [-0.4, -0.2) is 28.7 Å². The highest BCUT2D eigenvalue weighted by atomic mass is 35.5. The highest BCUT2D eigenvalue weighted by Gasteiger charge is 2.59. The van der Waals surface area contributed by atoms with Gasteiger partial charge in [-0.15, -0.1) is 0 Å². The minimum absolute atomic E-state index is 0.382. The average molecular weight is 342 g/mol. The molecule has 2 aliphatic heterocycles. The molecular weight excluding hydrogens is 329 g/mol. The number of benzene rings is 1. The number of carboxylic acids is 1. The first-order valence-corrected chi connectivity index (χ1v) is 7.43. The van der Waals surface area contributed by atoms with Crippen LogP contribution in [-0.2, 0) is 14.3 Å². The molecule has 0 unspecified atom stereocenters. The molecule has 1 fully saturated rings. The van der Waals surface area contributed by atoms with Crippen LogP contribution < -0.4 is 5.32 Å². The van der Waals surface area contributed by atoms with Gasteiger partial charge < -0.3 is 15.2 Å². The molecular formula is C15H13Cl2NO4. The molecule has 4 atom stereocenters. The molecule has 0 radical (unpaired) electrons. The van der Waals surface area contributed by atoms with E-state index in [1.807, 2.05) is 0 Å². The van der Waals surface area contributed by atoms with Crippen LogP contribution in [0.5, 0.6) is 0 Å². The van der Waals surface area contributed by atoms with Crippen molar-refractivity contribution in [3.63, 3.8) is 0 Å². The van der Waals surface area contributed by atoms with Crippen molar-refractivity contribution >= 4 is 40.8 Å². The van der Waals surface area contributed by atoms with E-state index >= 15 is 0 Å². The van der Waals surface area contributed by atoms with Gasteiger partial charge in [-0.1, -0.05) is 35.4 Å². The molecule has 2 aliphatic rings. The third-order valence-electron chi connectivity index (χ3n) is 4.04. The van der Waals surface area contributed by atoms with E-state index in [0.29, 0.717) is 15.7 Å². The minimum atomic E-state index is -1.05. The smallest absolute Gasteiger partial charge is 0.310 e. The molecule has 1 amide bonds. The summed E-state index contributed by atoms with van der Waals surface area (Å²) in [7, 11) is 0. The maximum atomic E-state index is 12.6. The van der Waals surface area contributed by atoms with Gasteiger partial charge in [0.25, 0.3) is 0 Å². The van der Waals surface area contributed by atoms with Crippen LogP contribution in [0.25, 0.3) is 0 Å². The number of halogens is 2. The Morgan fingerprint density at radius 2 is 1.91 bits per heavy atom. The number of fused-ring (bicyclic) bond motifs is 2. The minimum Gasteiger partial charge on any atom is -0.481 e. The van der Waals surface area contributed by atoms with E-state index in [4.69, 9.17) is 27.9 Å². The van der Waals surface area contributed by atoms with Crippen molar-refractivity contribution in [2.75, 3.05) is 5.32 Å². The summed E-state index contributed by atoms with van der Waals surface area (Å²) in [5.74, 6) is -3.22. The molecule has 1 aromatic carbocycles. The predicted octanol–water partition coefficient (Wildman–Crippen LogP) is 2.98. The van der Waals surface area contributed by atoms with Gasteiger partial charge in [0.1, 0.15) is 5.92 Å². The molecule has 3 rings (SSSR count). The first-order valence-electron chi connectivity index (χ1n) is 6.67. The number of carboxylic acid groups (broad SMARTS) is 1. The Morgan fingerprint density at radius 3 is 2.50 bits per heavy atom. The van der Waals surface area contributed by atoms with Crippen LogP contribution in [0.15, 0.2) is 30.4 Å². The summed E-state index contributed by atoms with van der Waals surface area (Å²) < 4.78 is 5.65. The van der Waals surface area contributed by atoms with Crippen molar-refractivity contribution in [1.82, 2.24) is 0 Å². The van der Waals surface area contributed by atoms with E-state index in [1.54, 1.807) is 37.3 Å². The second-order valence-corrected chi connectivity index (χ2v) is 6.49. The largest absolute Gasteiger partial charge is 0.481 e. The number of rotatable bonds is 3. The number of aliphatic carboxylic acids is 1. The Morgan fingerprint density at radius 1 is 1.27 bits per heavy atom. The molecule has 1 aromatic rings. The van der Waals surface area contributed by atoms with Crippen LogP contribution >= 0.6 is 23.2 Å². The molecule has 2 heterocycles. The topological polar surface area (TPSA) is 75.6 Å². The summed E-state index contributed by atoms with van der Waals surface area (Å²) in [6.45, 7) is 1.71. The highest BCUT2D eigenvalue weighted by molar-refractivity contribution is 6.35. The summed E-state index contributed by atoms with van der Waals surface area (Å²) >= 11 is 11.8. The van der Waals surface area contributed by atoms with E-state index in [2.05, 4.69) is 5.32 Å². The lowest BCUT2D eigenvalue weighted by atomic mass is 9.75. The fourth-order valence-corrected chi connectivity index (χ4v) is 3.65. The van der Waals surface area contributed by atoms with Gasteiger partial charge in [-0.2, -0.15) is 0 Å². The van der Waals surface area contributed by atoms with Crippen molar-refractivity contribution < 1.29 is 19.4 Å². The molecule has 7 heteroatoms. The highest BCUT2D eigenvalue weighted by Crippen LogP contribution is 2.47. The number of amides is 1. The Kier molecular flexibility index (Phi) is 3.67. The molecule has 0 spiro atoms. The van der Waals surface area contributed by atoms with Crippen molar-refractivity contribution in [2.45, 2.75) is 18.6 Å². The third kappa shape index (κ3) is 2.49. The van der Waals surface area contributed by atoms with Gasteiger partial charge in [-0.25, -0.2) is 0 Å². The van der Waals surface area contributed by atoms with Gasteiger partial charge in [0.2, 0.25) is 5.91 Å². The van der Waals surface area contributed by atoms with Gasteiger partial charge in [0.15, 0.2) is 0 Å². The number of hydrogen-bond donors (Lipinski definition) is 2. The maximum Gasteiger partial charge on any atom is 0.310 e. The monoisotopic (exact) mass is 341 g/mol. The number of nitrogens with one attached hydrogen (secondary N) is 1. The zero-order valence-corrected chi connectivity index (χ0v) is 13.1. The number of ether oxygens (including phenoxy) is 1. The lowest BCUT2D eigenvalue weighted by Crippen LogP contribution is -2.44. The molecule has 5 nitrogen and oxygen atoms in total. The first kappa shape index (κ1) is 15.3. The van der Waals surface area contributed by atoms with E-state index in [9.17, 15) is 14.7 Å². The van der Waals surface area contributed by atoms with Crippen LogP contribution in [0, 0.1) is 11.8 Å². The number of carbonyl (C=O) groups is 2. The van der Waals surface area contributed by atoms with E-state index < -0.39 is 35.4 Å². The Labute approximate surface area is 136 Å². The van der Waals surface area contributed by atoms with Gasteiger partial charge >= 0.3 is 5.97 Å². The predicted molar refractivity (Wildman–Crippen MR) is 82.1 cm³/mol. The summed E-state index contributed by atoms with van der Waals surface area (Å²) in [5.41, 5.74) is -0.498. The van der Waals surface area contributed by atoms with Crippen LogP contribution in [0.1, 0.15) is 6.92 Å². The second kappa shape index (κ2) is 5.26. The molecule has 0 saturated carbocycles. The average Bonchev–Trinajstić information content (AvgIpc) is 2.90. The Bertz CT molecular complexity index is 670. The van der Waals surface area contributed by atoms with E-state index in [-0.39, 0.29) is 0 Å². The SMILES string of the molecule is C[C@@]12C=C[C@@H](O1)[C@@H](C(=O)O)[C@@H]2C(=O)Nc1cc(Cl)cc(Cl)c1. The zero-order valence-electron chi connectivity index (χ0n) is 11.5. The quantitative estimate of drug-likeness (QED) is 0.828. The summed E-state index contributed by atoms with van der Waals surface area (Å²) in [5, 5.41) is 12.8. The molecule has 0 aliphatic carbocycles. The van der Waals surface area contributed by atoms with Crippen LogP contribution in [0.2, 0.25) is 10.0 Å². The van der Waals surface area contributed by atoms with Gasteiger partial charge in [0, 0.05) is 15.7 Å². The lowest BCUT2D eigenvalue weighted by molar-refractivity contribution is -0.146. The molecule has 116 valence electrons. The summed E-state index contributed by atoms with van der Waals surface area (Å²) in [6.07, 6.45) is 2.85. The fraction of sp³-hybridized carbons (Fsp3) is 0.333. The molecule has 2 N–H and O–H groups in total. The van der Waals surface area contributed by atoms with Crippen LogP contribution in [0.4, 0.5) is 5.69 Å². The summed E-state index contributed by atoms with van der Waals surface area (Å²) in [6, 6.07) is 4.64. The van der Waals surface area contributed by atoms with Crippen molar-refractivity contribution in [3.05, 3.63) is 40.4 Å². The number of anilines is 1. The van der Waals surface area contributed by atoms with Crippen molar-refractivity contribution in [2.24, 2.45) is 11.8 Å². The molecule has 0 aromatic heterocycles. The van der Waals surface area contributed by atoms with Gasteiger partial charge in [-0.05, 0) is 25.1 Å². The zero-order chi connectivity index (χ0) is 16.1. The maximum absolute atomic E-state index is 12.6. The Hall–Kier alpha value is -1.56. The standard InChI is InChI=1S/C15H13Cl2NO4/c1-15-3-2-10(22-15)11(14(20)21)12(15)13(19)18-9-5-7(16)4-8(17)6-9/h2-6,10-12H,1H3,(H,18,19)(H,20,21)/t10-,11-,12-,15+/m1/s1. The second-order valence-electron chi connectivity index (χ2n) is 5.61. The van der Waals surface area contributed by atoms with Gasteiger partial charge in [-0.3, -0.25) is 9.59 Å². The van der Waals surface area contributed by atoms with Crippen LogP contribution in [0.3, 0.4) is 0 Å².